The highest BCUT2D eigenvalue weighted by molar-refractivity contribution is 5.77. The average Bonchev–Trinajstić information content (AvgIpc) is 2.19. The van der Waals surface area contributed by atoms with Crippen molar-refractivity contribution >= 4 is 5.91 Å². The van der Waals surface area contributed by atoms with Crippen molar-refractivity contribution < 1.29 is 14.3 Å². The molecule has 0 spiro atoms. The fraction of sp³-hybridized carbons (Fsp3) is 0.778. The minimum Gasteiger partial charge on any atom is -0.382 e. The van der Waals surface area contributed by atoms with Crippen LogP contribution < -0.4 is 5.32 Å². The molecular weight excluding hydrogens is 184 g/mol. The lowest BCUT2D eigenvalue weighted by Gasteiger charge is -2.04. The molecule has 0 aliphatic heterocycles. The molecule has 1 N–H and O–H groups in total. The van der Waals surface area contributed by atoms with Gasteiger partial charge >= 0.3 is 0 Å². The summed E-state index contributed by atoms with van der Waals surface area (Å²) in [4.78, 5) is 11.0. The Morgan fingerprint density at radius 3 is 2.93 bits per heavy atom. The van der Waals surface area contributed by atoms with Gasteiger partial charge in [-0.2, -0.15) is 5.26 Å². The molecule has 0 aromatic heterocycles. The van der Waals surface area contributed by atoms with Gasteiger partial charge in [0.05, 0.1) is 19.3 Å². The van der Waals surface area contributed by atoms with E-state index in [9.17, 15) is 4.79 Å². The minimum atomic E-state index is -0.154. The van der Waals surface area contributed by atoms with Crippen LogP contribution in [0.4, 0.5) is 0 Å². The van der Waals surface area contributed by atoms with Crippen LogP contribution in [0.25, 0.3) is 0 Å². The van der Waals surface area contributed by atoms with E-state index in [4.69, 9.17) is 14.7 Å². The van der Waals surface area contributed by atoms with Gasteiger partial charge in [-0.1, -0.05) is 0 Å². The molecule has 1 amide bonds. The lowest BCUT2D eigenvalue weighted by molar-refractivity contribution is -0.126. The van der Waals surface area contributed by atoms with Gasteiger partial charge in [0.1, 0.15) is 6.61 Å². The third kappa shape index (κ3) is 8.97. The number of carbonyl (C=O) groups is 1. The van der Waals surface area contributed by atoms with Crippen molar-refractivity contribution in [2.24, 2.45) is 0 Å². The molecule has 0 aromatic carbocycles. The standard InChI is InChI=1S/C9H16N2O3/c1-13-6-7-14-8-9(12)11-5-3-2-4-10/h2-3,5-8H2,1H3,(H,11,12). The van der Waals surface area contributed by atoms with Crippen LogP contribution in [-0.2, 0) is 14.3 Å². The zero-order valence-electron chi connectivity index (χ0n) is 8.41. The number of amides is 1. The lowest BCUT2D eigenvalue weighted by atomic mass is 10.3. The second kappa shape index (κ2) is 9.96. The number of ether oxygens (including phenoxy) is 2. The van der Waals surface area contributed by atoms with E-state index in [0.717, 1.165) is 0 Å². The summed E-state index contributed by atoms with van der Waals surface area (Å²) in [5.41, 5.74) is 0. The molecule has 0 unspecified atom stereocenters. The molecule has 0 aliphatic carbocycles. The Morgan fingerprint density at radius 1 is 1.50 bits per heavy atom. The molecule has 0 aliphatic rings. The fourth-order valence-corrected chi connectivity index (χ4v) is 0.753. The summed E-state index contributed by atoms with van der Waals surface area (Å²) in [6.07, 6.45) is 1.14. The first-order valence-electron chi connectivity index (χ1n) is 4.51. The van der Waals surface area contributed by atoms with E-state index in [1.54, 1.807) is 7.11 Å². The van der Waals surface area contributed by atoms with Crippen molar-refractivity contribution in [1.29, 1.82) is 5.26 Å². The van der Waals surface area contributed by atoms with E-state index in [0.29, 0.717) is 32.6 Å². The van der Waals surface area contributed by atoms with Crippen molar-refractivity contribution in [2.45, 2.75) is 12.8 Å². The molecule has 0 fully saturated rings. The molecule has 0 rings (SSSR count). The van der Waals surface area contributed by atoms with Crippen LogP contribution in [0.5, 0.6) is 0 Å². The molecule has 0 aromatic rings. The Bertz CT molecular complexity index is 189. The lowest BCUT2D eigenvalue weighted by Crippen LogP contribution is -2.28. The van der Waals surface area contributed by atoms with Gasteiger partial charge in [-0.05, 0) is 6.42 Å². The second-order valence-electron chi connectivity index (χ2n) is 2.66. The van der Waals surface area contributed by atoms with E-state index in [1.165, 1.54) is 0 Å². The summed E-state index contributed by atoms with van der Waals surface area (Å²) in [5.74, 6) is -0.154. The van der Waals surface area contributed by atoms with Gasteiger partial charge in [-0.25, -0.2) is 0 Å². The van der Waals surface area contributed by atoms with Gasteiger partial charge < -0.3 is 14.8 Å². The molecule has 5 heteroatoms. The van der Waals surface area contributed by atoms with Crippen LogP contribution >= 0.6 is 0 Å². The van der Waals surface area contributed by atoms with Crippen LogP contribution in [0.15, 0.2) is 0 Å². The summed E-state index contributed by atoms with van der Waals surface area (Å²) in [6, 6.07) is 2.00. The average molecular weight is 200 g/mol. The van der Waals surface area contributed by atoms with E-state index < -0.39 is 0 Å². The molecule has 0 atom stereocenters. The number of hydrogen-bond acceptors (Lipinski definition) is 4. The number of unbranched alkanes of at least 4 members (excludes halogenated alkanes) is 1. The maximum Gasteiger partial charge on any atom is 0.245 e. The summed E-state index contributed by atoms with van der Waals surface area (Å²) < 4.78 is 9.73. The molecule has 0 radical (unpaired) electrons. The first-order chi connectivity index (χ1) is 6.81. The van der Waals surface area contributed by atoms with Crippen LogP contribution in [0.1, 0.15) is 12.8 Å². The van der Waals surface area contributed by atoms with E-state index >= 15 is 0 Å². The highest BCUT2D eigenvalue weighted by Crippen LogP contribution is 1.83. The van der Waals surface area contributed by atoms with E-state index in [-0.39, 0.29) is 12.5 Å². The molecular formula is C9H16N2O3. The first kappa shape index (κ1) is 12.9. The quantitative estimate of drug-likeness (QED) is 0.563. The maximum absolute atomic E-state index is 11.0. The van der Waals surface area contributed by atoms with Gasteiger partial charge in [0.15, 0.2) is 0 Å². The fourth-order valence-electron chi connectivity index (χ4n) is 0.753. The maximum atomic E-state index is 11.0. The zero-order valence-corrected chi connectivity index (χ0v) is 8.41. The number of nitrogens with one attached hydrogen (secondary N) is 1. The molecule has 0 saturated heterocycles. The SMILES string of the molecule is COCCOCC(=O)NCCCC#N. The van der Waals surface area contributed by atoms with Crippen LogP contribution in [0.2, 0.25) is 0 Å². The molecule has 14 heavy (non-hydrogen) atoms. The van der Waals surface area contributed by atoms with Gasteiger partial charge in [0, 0.05) is 20.1 Å². The van der Waals surface area contributed by atoms with Gasteiger partial charge in [0.25, 0.3) is 0 Å². The van der Waals surface area contributed by atoms with Crippen LogP contribution in [0, 0.1) is 11.3 Å². The van der Waals surface area contributed by atoms with Crippen molar-refractivity contribution in [3.8, 4) is 6.07 Å². The highest BCUT2D eigenvalue weighted by Gasteiger charge is 1.99. The van der Waals surface area contributed by atoms with E-state index in [2.05, 4.69) is 5.32 Å². The van der Waals surface area contributed by atoms with Crippen LogP contribution in [-0.4, -0.2) is 39.4 Å². The van der Waals surface area contributed by atoms with Crippen molar-refractivity contribution in [3.63, 3.8) is 0 Å². The Labute approximate surface area is 84.0 Å². The normalized spacial score (nSPS) is 9.43. The minimum absolute atomic E-state index is 0.0515. The van der Waals surface area contributed by atoms with Crippen molar-refractivity contribution in [2.75, 3.05) is 33.5 Å². The second-order valence-corrected chi connectivity index (χ2v) is 2.66. The van der Waals surface area contributed by atoms with Crippen molar-refractivity contribution in [1.82, 2.24) is 5.32 Å². The van der Waals surface area contributed by atoms with Gasteiger partial charge in [-0.3, -0.25) is 4.79 Å². The van der Waals surface area contributed by atoms with Gasteiger partial charge in [-0.15, -0.1) is 0 Å². The smallest absolute Gasteiger partial charge is 0.245 e. The monoisotopic (exact) mass is 200 g/mol. The zero-order chi connectivity index (χ0) is 10.6. The Kier molecular flexibility index (Phi) is 9.17. The summed E-state index contributed by atoms with van der Waals surface area (Å²) in [6.45, 7) is 1.49. The Hall–Kier alpha value is -1.12. The Balaban J connectivity index is 3.16. The van der Waals surface area contributed by atoms with E-state index in [1.807, 2.05) is 6.07 Å². The molecule has 0 bridgehead atoms. The predicted molar refractivity (Wildman–Crippen MR) is 50.6 cm³/mol. The first-order valence-corrected chi connectivity index (χ1v) is 4.51. The molecule has 5 nitrogen and oxygen atoms in total. The third-order valence-corrected chi connectivity index (χ3v) is 1.45. The Morgan fingerprint density at radius 2 is 2.29 bits per heavy atom. The number of methoxy groups -OCH3 is 1. The number of rotatable bonds is 8. The predicted octanol–water partition coefficient (Wildman–Crippen LogP) is 0.0694. The highest BCUT2D eigenvalue weighted by atomic mass is 16.5. The van der Waals surface area contributed by atoms with Crippen LogP contribution in [0.3, 0.4) is 0 Å². The number of carbonyl (C=O) groups excluding carboxylic acids is 1. The summed E-state index contributed by atoms with van der Waals surface area (Å²) >= 11 is 0. The topological polar surface area (TPSA) is 71.3 Å². The molecule has 80 valence electrons. The number of nitriles is 1. The van der Waals surface area contributed by atoms with Gasteiger partial charge in [0.2, 0.25) is 5.91 Å². The third-order valence-electron chi connectivity index (χ3n) is 1.45. The largest absolute Gasteiger partial charge is 0.382 e. The number of nitrogens with zero attached hydrogens (tertiary/aromatic N) is 1. The summed E-state index contributed by atoms with van der Waals surface area (Å²) in [7, 11) is 1.57. The summed E-state index contributed by atoms with van der Waals surface area (Å²) in [5, 5.41) is 10.9. The molecule has 0 saturated carbocycles. The molecule has 0 heterocycles. The number of hydrogen-bond donors (Lipinski definition) is 1. The van der Waals surface area contributed by atoms with Crippen molar-refractivity contribution in [3.05, 3.63) is 0 Å².